The second kappa shape index (κ2) is 4.96. The highest BCUT2D eigenvalue weighted by atomic mass is 35.5. The molecular weight excluding hydrogens is 272 g/mol. The highest BCUT2D eigenvalue weighted by Gasteiger charge is 2.14. The van der Waals surface area contributed by atoms with Crippen LogP contribution in [0.5, 0.6) is 0 Å². The highest BCUT2D eigenvalue weighted by molar-refractivity contribution is 7.92. The standard InChI is InChI=1S/C12H11ClN2O2S/c1-9-3-2-4-10(7-9)15-18(16,17)11-5-6-12(13)14-8-11/h2-8,15H,1H3. The number of hydrogen-bond donors (Lipinski definition) is 1. The Hall–Kier alpha value is -1.59. The van der Waals surface area contributed by atoms with Crippen LogP contribution in [0.2, 0.25) is 5.15 Å². The largest absolute Gasteiger partial charge is 0.280 e. The first-order valence-corrected chi connectivity index (χ1v) is 7.04. The molecule has 0 amide bonds. The van der Waals surface area contributed by atoms with Gasteiger partial charge in [0.2, 0.25) is 0 Å². The molecule has 0 radical (unpaired) electrons. The fourth-order valence-electron chi connectivity index (χ4n) is 1.44. The van der Waals surface area contributed by atoms with Crippen molar-refractivity contribution in [3.05, 3.63) is 53.3 Å². The van der Waals surface area contributed by atoms with E-state index >= 15 is 0 Å². The molecule has 0 spiro atoms. The van der Waals surface area contributed by atoms with Crippen molar-refractivity contribution in [2.75, 3.05) is 4.72 Å². The molecule has 0 unspecified atom stereocenters. The topological polar surface area (TPSA) is 59.1 Å². The van der Waals surface area contributed by atoms with Crippen molar-refractivity contribution in [2.24, 2.45) is 0 Å². The van der Waals surface area contributed by atoms with E-state index in [0.717, 1.165) is 5.56 Å². The first-order chi connectivity index (χ1) is 8.47. The molecule has 0 atom stereocenters. The normalized spacial score (nSPS) is 11.2. The Morgan fingerprint density at radius 2 is 2.00 bits per heavy atom. The Bertz CT molecular complexity index is 654. The Morgan fingerprint density at radius 1 is 1.22 bits per heavy atom. The maximum absolute atomic E-state index is 12.0. The van der Waals surface area contributed by atoms with Gasteiger partial charge in [0.05, 0.1) is 0 Å². The van der Waals surface area contributed by atoms with Crippen molar-refractivity contribution in [3.8, 4) is 0 Å². The Kier molecular flexibility index (Phi) is 3.54. The van der Waals surface area contributed by atoms with Gasteiger partial charge in [-0.05, 0) is 36.8 Å². The summed E-state index contributed by atoms with van der Waals surface area (Å²) < 4.78 is 26.5. The van der Waals surface area contributed by atoms with Crippen LogP contribution in [0.4, 0.5) is 5.69 Å². The van der Waals surface area contributed by atoms with Gasteiger partial charge >= 0.3 is 0 Å². The fraction of sp³-hybridized carbons (Fsp3) is 0.0833. The minimum Gasteiger partial charge on any atom is -0.280 e. The first kappa shape index (κ1) is 12.9. The average Bonchev–Trinajstić information content (AvgIpc) is 2.29. The number of halogens is 1. The van der Waals surface area contributed by atoms with Gasteiger partial charge in [0.15, 0.2) is 0 Å². The number of benzene rings is 1. The Balaban J connectivity index is 2.30. The molecule has 0 saturated carbocycles. The number of pyridine rings is 1. The second-order valence-corrected chi connectivity index (χ2v) is 5.86. The van der Waals surface area contributed by atoms with Crippen LogP contribution in [0.1, 0.15) is 5.56 Å². The van der Waals surface area contributed by atoms with E-state index in [4.69, 9.17) is 11.6 Å². The zero-order valence-electron chi connectivity index (χ0n) is 9.59. The third-order valence-corrected chi connectivity index (χ3v) is 3.87. The highest BCUT2D eigenvalue weighted by Crippen LogP contribution is 2.17. The van der Waals surface area contributed by atoms with E-state index in [2.05, 4.69) is 9.71 Å². The SMILES string of the molecule is Cc1cccc(NS(=O)(=O)c2ccc(Cl)nc2)c1. The van der Waals surface area contributed by atoms with E-state index < -0.39 is 10.0 Å². The molecule has 4 nitrogen and oxygen atoms in total. The Morgan fingerprint density at radius 3 is 2.61 bits per heavy atom. The van der Waals surface area contributed by atoms with Crippen molar-refractivity contribution in [3.63, 3.8) is 0 Å². The number of nitrogens with zero attached hydrogens (tertiary/aromatic N) is 1. The van der Waals surface area contributed by atoms with Crippen LogP contribution < -0.4 is 4.72 Å². The summed E-state index contributed by atoms with van der Waals surface area (Å²) in [6.07, 6.45) is 1.22. The summed E-state index contributed by atoms with van der Waals surface area (Å²) in [4.78, 5) is 3.83. The molecule has 1 N–H and O–H groups in total. The van der Waals surface area contributed by atoms with Gasteiger partial charge in [-0.2, -0.15) is 0 Å². The van der Waals surface area contributed by atoms with Gasteiger partial charge < -0.3 is 0 Å². The van der Waals surface area contributed by atoms with Crippen LogP contribution in [0.15, 0.2) is 47.5 Å². The lowest BCUT2D eigenvalue weighted by molar-refractivity contribution is 0.601. The quantitative estimate of drug-likeness (QED) is 0.881. The Labute approximate surface area is 111 Å². The van der Waals surface area contributed by atoms with Gasteiger partial charge in [0.25, 0.3) is 10.0 Å². The van der Waals surface area contributed by atoms with Crippen molar-refractivity contribution in [2.45, 2.75) is 11.8 Å². The lowest BCUT2D eigenvalue weighted by atomic mass is 10.2. The van der Waals surface area contributed by atoms with E-state index in [0.29, 0.717) is 5.69 Å². The lowest BCUT2D eigenvalue weighted by Crippen LogP contribution is -2.13. The van der Waals surface area contributed by atoms with Crippen molar-refractivity contribution in [1.29, 1.82) is 0 Å². The van der Waals surface area contributed by atoms with Crippen LogP contribution in [-0.4, -0.2) is 13.4 Å². The molecule has 0 bridgehead atoms. The molecule has 0 aliphatic rings. The molecule has 18 heavy (non-hydrogen) atoms. The average molecular weight is 283 g/mol. The van der Waals surface area contributed by atoms with Crippen LogP contribution in [0.25, 0.3) is 0 Å². The molecule has 1 aromatic heterocycles. The van der Waals surface area contributed by atoms with Gasteiger partial charge in [-0.25, -0.2) is 13.4 Å². The molecule has 2 aromatic rings. The van der Waals surface area contributed by atoms with Crippen molar-refractivity contribution in [1.82, 2.24) is 4.98 Å². The van der Waals surface area contributed by atoms with E-state index in [1.54, 1.807) is 18.2 Å². The number of aromatic nitrogens is 1. The molecule has 94 valence electrons. The lowest BCUT2D eigenvalue weighted by Gasteiger charge is -2.08. The first-order valence-electron chi connectivity index (χ1n) is 5.18. The summed E-state index contributed by atoms with van der Waals surface area (Å²) >= 11 is 5.62. The maximum atomic E-state index is 12.0. The summed E-state index contributed by atoms with van der Waals surface area (Å²) in [6.45, 7) is 1.89. The zero-order chi connectivity index (χ0) is 13.2. The number of rotatable bonds is 3. The van der Waals surface area contributed by atoms with Crippen LogP contribution in [0.3, 0.4) is 0 Å². The van der Waals surface area contributed by atoms with Crippen LogP contribution >= 0.6 is 11.6 Å². The van der Waals surface area contributed by atoms with Crippen LogP contribution in [-0.2, 0) is 10.0 Å². The number of anilines is 1. The maximum Gasteiger partial charge on any atom is 0.263 e. The second-order valence-electron chi connectivity index (χ2n) is 3.79. The van der Waals surface area contributed by atoms with E-state index in [1.807, 2.05) is 13.0 Å². The summed E-state index contributed by atoms with van der Waals surface area (Å²) in [5.41, 5.74) is 1.49. The molecule has 0 aliphatic heterocycles. The molecule has 0 fully saturated rings. The summed E-state index contributed by atoms with van der Waals surface area (Å²) in [5.74, 6) is 0. The van der Waals surface area contributed by atoms with E-state index in [1.165, 1.54) is 18.3 Å². The van der Waals surface area contributed by atoms with Gasteiger partial charge in [0.1, 0.15) is 10.0 Å². The van der Waals surface area contributed by atoms with E-state index in [-0.39, 0.29) is 10.0 Å². The number of nitrogens with one attached hydrogen (secondary N) is 1. The van der Waals surface area contributed by atoms with Gasteiger partial charge in [0, 0.05) is 11.9 Å². The summed E-state index contributed by atoms with van der Waals surface area (Å²) in [7, 11) is -3.62. The minimum absolute atomic E-state index is 0.0772. The molecule has 6 heteroatoms. The van der Waals surface area contributed by atoms with Crippen molar-refractivity contribution >= 4 is 27.3 Å². The predicted molar refractivity (Wildman–Crippen MR) is 71.2 cm³/mol. The molecule has 2 rings (SSSR count). The number of sulfonamides is 1. The van der Waals surface area contributed by atoms with Gasteiger partial charge in [-0.15, -0.1) is 0 Å². The monoisotopic (exact) mass is 282 g/mol. The third kappa shape index (κ3) is 3.00. The van der Waals surface area contributed by atoms with Crippen LogP contribution in [0, 0.1) is 6.92 Å². The number of aryl methyl sites for hydroxylation is 1. The number of hydrogen-bond acceptors (Lipinski definition) is 3. The predicted octanol–water partition coefficient (Wildman–Crippen LogP) is 2.84. The smallest absolute Gasteiger partial charge is 0.263 e. The zero-order valence-corrected chi connectivity index (χ0v) is 11.2. The van der Waals surface area contributed by atoms with E-state index in [9.17, 15) is 8.42 Å². The summed E-state index contributed by atoms with van der Waals surface area (Å²) in [6, 6.07) is 9.96. The fourth-order valence-corrected chi connectivity index (χ4v) is 2.55. The summed E-state index contributed by atoms with van der Waals surface area (Å²) in [5, 5.41) is 0.254. The molecule has 0 aliphatic carbocycles. The third-order valence-electron chi connectivity index (χ3n) is 2.28. The minimum atomic E-state index is -3.62. The molecule has 1 heterocycles. The molecular formula is C12H11ClN2O2S. The van der Waals surface area contributed by atoms with Crippen molar-refractivity contribution < 1.29 is 8.42 Å². The van der Waals surface area contributed by atoms with Gasteiger partial charge in [-0.1, -0.05) is 23.7 Å². The molecule has 1 aromatic carbocycles. The molecule has 0 saturated heterocycles. The van der Waals surface area contributed by atoms with Gasteiger partial charge in [-0.3, -0.25) is 4.72 Å².